The van der Waals surface area contributed by atoms with Crippen molar-refractivity contribution in [2.24, 2.45) is 0 Å². The van der Waals surface area contributed by atoms with Crippen LogP contribution >= 0.6 is 0 Å². The molecule has 2 rings (SSSR count). The van der Waals surface area contributed by atoms with Gasteiger partial charge in [0, 0.05) is 0 Å². The number of carbonyl (C=O) groups excluding carboxylic acids is 1. The molecule has 0 heterocycles. The van der Waals surface area contributed by atoms with Crippen molar-refractivity contribution in [3.05, 3.63) is 72.0 Å². The summed E-state index contributed by atoms with van der Waals surface area (Å²) in [5.41, 5.74) is 1.76. The fourth-order valence-corrected chi connectivity index (χ4v) is 2.65. The van der Waals surface area contributed by atoms with Crippen LogP contribution in [0.4, 0.5) is 0 Å². The first kappa shape index (κ1) is 16.0. The zero-order valence-electron chi connectivity index (χ0n) is 12.3. The third-order valence-electron chi connectivity index (χ3n) is 3.07. The molecule has 0 aliphatic rings. The summed E-state index contributed by atoms with van der Waals surface area (Å²) in [7, 11) is -3.94. The highest BCUT2D eigenvalue weighted by Gasteiger charge is 2.16. The van der Waals surface area contributed by atoms with Crippen LogP contribution in [0.5, 0.6) is 0 Å². The van der Waals surface area contributed by atoms with Crippen LogP contribution < -0.4 is 0 Å². The lowest BCUT2D eigenvalue weighted by Gasteiger charge is -2.06. The zero-order valence-corrected chi connectivity index (χ0v) is 13.1. The highest BCUT2D eigenvalue weighted by atomic mass is 32.2. The molecule has 22 heavy (non-hydrogen) atoms. The van der Waals surface area contributed by atoms with E-state index in [1.54, 1.807) is 36.4 Å². The van der Waals surface area contributed by atoms with Crippen molar-refractivity contribution in [2.75, 3.05) is 0 Å². The Labute approximate surface area is 130 Å². The number of aryl methyl sites for hydroxylation is 1. The number of Topliss-reactive ketones (excluding diaryl/α,β-unsaturated/α-hetero) is 1. The molecular formula is C17H16O4S. The zero-order chi connectivity index (χ0) is 16.2. The number of ketones is 1. The molecule has 0 aromatic heterocycles. The Morgan fingerprint density at radius 2 is 1.59 bits per heavy atom. The van der Waals surface area contributed by atoms with Gasteiger partial charge < -0.3 is 4.18 Å². The van der Waals surface area contributed by atoms with Crippen molar-refractivity contribution in [3.63, 3.8) is 0 Å². The number of hydrogen-bond acceptors (Lipinski definition) is 4. The van der Waals surface area contributed by atoms with Gasteiger partial charge in [0.15, 0.2) is 5.78 Å². The highest BCUT2D eigenvalue weighted by Crippen LogP contribution is 2.19. The van der Waals surface area contributed by atoms with Gasteiger partial charge in [0.25, 0.3) is 0 Å². The Kier molecular flexibility index (Phi) is 4.78. The van der Waals surface area contributed by atoms with Crippen LogP contribution in [-0.2, 0) is 19.1 Å². The van der Waals surface area contributed by atoms with E-state index in [2.05, 4.69) is 0 Å². The third-order valence-corrected chi connectivity index (χ3v) is 4.27. The van der Waals surface area contributed by atoms with Gasteiger partial charge >= 0.3 is 10.1 Å². The maximum Gasteiger partial charge on any atom is 0.338 e. The van der Waals surface area contributed by atoms with E-state index in [4.69, 9.17) is 4.18 Å². The number of carbonyl (C=O) groups is 1. The molecule has 0 fully saturated rings. The molecule has 5 heteroatoms. The molecule has 0 N–H and O–H groups in total. The minimum Gasteiger partial charge on any atom is -0.386 e. The molecule has 2 aromatic rings. The number of allylic oxidation sites excluding steroid dienone is 1. The normalized spacial score (nSPS) is 12.0. The van der Waals surface area contributed by atoms with E-state index in [-0.39, 0.29) is 16.3 Å². The fraction of sp³-hybridized carbons (Fsp3) is 0.118. The number of rotatable bonds is 5. The second-order valence-corrected chi connectivity index (χ2v) is 6.39. The van der Waals surface area contributed by atoms with Crippen LogP contribution in [0.2, 0.25) is 0 Å². The summed E-state index contributed by atoms with van der Waals surface area (Å²) in [6.45, 7) is 3.22. The minimum absolute atomic E-state index is 0.0466. The summed E-state index contributed by atoms with van der Waals surface area (Å²) >= 11 is 0. The summed E-state index contributed by atoms with van der Waals surface area (Å²) in [4.78, 5) is 11.7. The van der Waals surface area contributed by atoms with E-state index in [1.807, 2.05) is 13.0 Å². The maximum absolute atomic E-state index is 12.1. The van der Waals surface area contributed by atoms with E-state index >= 15 is 0 Å². The van der Waals surface area contributed by atoms with Crippen molar-refractivity contribution in [1.82, 2.24) is 0 Å². The maximum atomic E-state index is 12.1. The molecule has 0 radical (unpaired) electrons. The Hall–Kier alpha value is -2.40. The molecule has 0 saturated heterocycles. The average Bonchev–Trinajstić information content (AvgIpc) is 2.48. The minimum atomic E-state index is -3.94. The van der Waals surface area contributed by atoms with E-state index in [0.717, 1.165) is 11.8 Å². The monoisotopic (exact) mass is 316 g/mol. The van der Waals surface area contributed by atoms with Crippen LogP contribution in [0.1, 0.15) is 18.1 Å². The molecule has 2 aromatic carbocycles. The van der Waals surface area contributed by atoms with Crippen LogP contribution in [0.25, 0.3) is 5.57 Å². The lowest BCUT2D eigenvalue weighted by molar-refractivity contribution is -0.111. The lowest BCUT2D eigenvalue weighted by Crippen LogP contribution is -2.04. The topological polar surface area (TPSA) is 60.4 Å². The molecule has 0 bridgehead atoms. The number of hydrogen-bond donors (Lipinski definition) is 0. The predicted molar refractivity (Wildman–Crippen MR) is 84.5 cm³/mol. The number of benzene rings is 2. The van der Waals surface area contributed by atoms with Gasteiger partial charge in [-0.05, 0) is 31.5 Å². The summed E-state index contributed by atoms with van der Waals surface area (Å²) in [6, 6.07) is 15.1. The molecule has 0 unspecified atom stereocenters. The largest absolute Gasteiger partial charge is 0.386 e. The second kappa shape index (κ2) is 6.58. The van der Waals surface area contributed by atoms with Crippen molar-refractivity contribution < 1.29 is 17.4 Å². The van der Waals surface area contributed by atoms with Gasteiger partial charge in [-0.15, -0.1) is 0 Å². The highest BCUT2D eigenvalue weighted by molar-refractivity contribution is 7.86. The lowest BCUT2D eigenvalue weighted by atomic mass is 10.0. The summed E-state index contributed by atoms with van der Waals surface area (Å²) in [5, 5.41) is 0. The van der Waals surface area contributed by atoms with Gasteiger partial charge in [-0.25, -0.2) is 0 Å². The molecule has 0 aliphatic carbocycles. The van der Waals surface area contributed by atoms with Gasteiger partial charge in [-0.2, -0.15) is 8.42 Å². The van der Waals surface area contributed by atoms with Gasteiger partial charge in [0.1, 0.15) is 11.2 Å². The molecular weight excluding hydrogens is 300 g/mol. The summed E-state index contributed by atoms with van der Waals surface area (Å²) in [5.74, 6) is -0.273. The smallest absolute Gasteiger partial charge is 0.338 e. The summed E-state index contributed by atoms with van der Waals surface area (Å²) in [6.07, 6.45) is 0.993. The Morgan fingerprint density at radius 3 is 2.14 bits per heavy atom. The SMILES string of the molecule is CC(=O)/C(=C\OS(=O)(=O)c1ccc(C)cc1)c1ccccc1. The van der Waals surface area contributed by atoms with Crippen molar-refractivity contribution >= 4 is 21.5 Å². The first-order valence-electron chi connectivity index (χ1n) is 6.66. The first-order chi connectivity index (χ1) is 10.4. The third kappa shape index (κ3) is 3.83. The van der Waals surface area contributed by atoms with Gasteiger partial charge in [0.2, 0.25) is 0 Å². The molecule has 0 spiro atoms. The molecule has 114 valence electrons. The molecule has 0 amide bonds. The Balaban J connectivity index is 2.31. The fourth-order valence-electron chi connectivity index (χ4n) is 1.84. The van der Waals surface area contributed by atoms with Crippen LogP contribution in [0, 0.1) is 6.92 Å². The van der Waals surface area contributed by atoms with Crippen molar-refractivity contribution in [1.29, 1.82) is 0 Å². The second-order valence-electron chi connectivity index (χ2n) is 4.82. The molecule has 4 nitrogen and oxygen atoms in total. The van der Waals surface area contributed by atoms with Crippen molar-refractivity contribution in [3.8, 4) is 0 Å². The van der Waals surface area contributed by atoms with Crippen LogP contribution in [0.15, 0.2) is 65.8 Å². The van der Waals surface area contributed by atoms with Crippen LogP contribution in [-0.4, -0.2) is 14.2 Å². The molecule has 0 saturated carbocycles. The van der Waals surface area contributed by atoms with Gasteiger partial charge in [-0.1, -0.05) is 48.0 Å². The standard InChI is InChI=1S/C17H16O4S/c1-13-8-10-16(11-9-13)22(19,20)21-12-17(14(2)18)15-6-4-3-5-7-15/h3-12H,1-2H3/b17-12+. The Morgan fingerprint density at radius 1 is 1.00 bits per heavy atom. The van der Waals surface area contributed by atoms with E-state index < -0.39 is 10.1 Å². The van der Waals surface area contributed by atoms with Crippen LogP contribution in [0.3, 0.4) is 0 Å². The van der Waals surface area contributed by atoms with Gasteiger partial charge in [-0.3, -0.25) is 4.79 Å². The quantitative estimate of drug-likeness (QED) is 0.482. The van der Waals surface area contributed by atoms with Gasteiger partial charge in [0.05, 0.1) is 5.57 Å². The Bertz CT molecular complexity index is 788. The summed E-state index contributed by atoms with van der Waals surface area (Å²) < 4.78 is 29.2. The first-order valence-corrected chi connectivity index (χ1v) is 8.07. The van der Waals surface area contributed by atoms with Crippen molar-refractivity contribution in [2.45, 2.75) is 18.7 Å². The van der Waals surface area contributed by atoms with E-state index in [9.17, 15) is 13.2 Å². The predicted octanol–water partition coefficient (Wildman–Crippen LogP) is 3.33. The average molecular weight is 316 g/mol. The molecule has 0 atom stereocenters. The molecule has 0 aliphatic heterocycles. The van der Waals surface area contributed by atoms with E-state index in [0.29, 0.717) is 5.56 Å². The van der Waals surface area contributed by atoms with E-state index in [1.165, 1.54) is 19.1 Å².